The van der Waals surface area contributed by atoms with Crippen molar-refractivity contribution in [3.05, 3.63) is 47.3 Å². The first kappa shape index (κ1) is 13.2. The Morgan fingerprint density at radius 1 is 1.21 bits per heavy atom. The Morgan fingerprint density at radius 3 is 2.53 bits per heavy atom. The van der Waals surface area contributed by atoms with Crippen molar-refractivity contribution in [3.8, 4) is 5.95 Å². The average Bonchev–Trinajstić information content (AvgIpc) is 2.61. The molecule has 0 unspecified atom stereocenters. The van der Waals surface area contributed by atoms with Crippen LogP contribution in [-0.4, -0.2) is 19.5 Å². The van der Waals surface area contributed by atoms with Gasteiger partial charge in [0.1, 0.15) is 12.2 Å². The molecule has 19 heavy (non-hydrogen) atoms. The van der Waals surface area contributed by atoms with Crippen LogP contribution in [0.5, 0.6) is 0 Å². The van der Waals surface area contributed by atoms with Crippen LogP contribution >= 0.6 is 0 Å². The van der Waals surface area contributed by atoms with Crippen LogP contribution in [0, 0.1) is 20.8 Å². The van der Waals surface area contributed by atoms with Gasteiger partial charge in [-0.2, -0.15) is 4.98 Å². The van der Waals surface area contributed by atoms with E-state index in [0.29, 0.717) is 11.8 Å². The first-order valence-corrected chi connectivity index (χ1v) is 6.23. The second-order valence-electron chi connectivity index (χ2n) is 4.38. The molecule has 0 radical (unpaired) electrons. The number of rotatable bonds is 3. The smallest absolute Gasteiger partial charge is 0.237 e. The highest BCUT2D eigenvalue weighted by Crippen LogP contribution is 2.26. The van der Waals surface area contributed by atoms with Crippen LogP contribution in [0.25, 0.3) is 18.1 Å². The van der Waals surface area contributed by atoms with Gasteiger partial charge in [0.2, 0.25) is 5.95 Å². The molecular formula is C15H18N4. The molecule has 98 valence electrons. The van der Waals surface area contributed by atoms with Crippen molar-refractivity contribution in [2.45, 2.75) is 27.7 Å². The molecule has 0 aliphatic heterocycles. The summed E-state index contributed by atoms with van der Waals surface area (Å²) in [5.74, 6) is 1.36. The van der Waals surface area contributed by atoms with E-state index in [1.807, 2.05) is 30.6 Å². The van der Waals surface area contributed by atoms with E-state index in [4.69, 9.17) is 0 Å². The van der Waals surface area contributed by atoms with Gasteiger partial charge in [-0.05, 0) is 44.9 Å². The Morgan fingerprint density at radius 2 is 1.95 bits per heavy atom. The fourth-order valence-electron chi connectivity index (χ4n) is 2.27. The molecule has 0 aromatic carbocycles. The topological polar surface area (TPSA) is 43.6 Å². The standard InChI is InChI=1S/C15H18N4/c1-6-8-14-10(3)13(7-2)11(4)19(14)15-17-9-16-12(5)18-15/h6-9H,2H2,1,3-5H3/b8-6-. The van der Waals surface area contributed by atoms with Crippen LogP contribution in [0.3, 0.4) is 0 Å². The number of hydrogen-bond donors (Lipinski definition) is 0. The van der Waals surface area contributed by atoms with Gasteiger partial charge in [-0.1, -0.05) is 18.7 Å². The first-order chi connectivity index (χ1) is 9.10. The lowest BCUT2D eigenvalue weighted by atomic mass is 10.1. The van der Waals surface area contributed by atoms with Crippen molar-refractivity contribution in [1.82, 2.24) is 19.5 Å². The lowest BCUT2D eigenvalue weighted by Gasteiger charge is -2.07. The number of hydrogen-bond acceptors (Lipinski definition) is 3. The number of aryl methyl sites for hydroxylation is 1. The SMILES string of the molecule is C=Cc1c(C)c(/C=C\C)n(-c2ncnc(C)n2)c1C. The normalized spacial score (nSPS) is 11.2. The van der Waals surface area contributed by atoms with Crippen LogP contribution in [-0.2, 0) is 0 Å². The molecule has 4 nitrogen and oxygen atoms in total. The second kappa shape index (κ2) is 5.18. The van der Waals surface area contributed by atoms with Crippen LogP contribution in [0.1, 0.15) is 35.3 Å². The van der Waals surface area contributed by atoms with E-state index in [0.717, 1.165) is 17.0 Å². The monoisotopic (exact) mass is 254 g/mol. The van der Waals surface area contributed by atoms with Crippen molar-refractivity contribution in [2.24, 2.45) is 0 Å². The molecule has 0 bridgehead atoms. The molecule has 0 amide bonds. The molecule has 2 aromatic rings. The maximum atomic E-state index is 4.41. The molecule has 0 saturated carbocycles. The fraction of sp³-hybridized carbons (Fsp3) is 0.267. The third kappa shape index (κ3) is 2.21. The van der Waals surface area contributed by atoms with E-state index in [1.54, 1.807) is 6.33 Å². The average molecular weight is 254 g/mol. The highest BCUT2D eigenvalue weighted by Gasteiger charge is 2.16. The third-order valence-corrected chi connectivity index (χ3v) is 3.16. The summed E-state index contributed by atoms with van der Waals surface area (Å²) in [5, 5.41) is 0. The number of nitrogens with zero attached hydrogens (tertiary/aromatic N) is 4. The van der Waals surface area contributed by atoms with Gasteiger partial charge in [0, 0.05) is 5.69 Å². The Hall–Kier alpha value is -2.23. The summed E-state index contributed by atoms with van der Waals surface area (Å²) < 4.78 is 2.04. The minimum atomic E-state index is 0.648. The minimum Gasteiger partial charge on any atom is -0.282 e. The Bertz CT molecular complexity index is 650. The van der Waals surface area contributed by atoms with Crippen molar-refractivity contribution >= 4 is 12.2 Å². The van der Waals surface area contributed by atoms with E-state index in [-0.39, 0.29) is 0 Å². The van der Waals surface area contributed by atoms with Gasteiger partial charge in [-0.15, -0.1) is 0 Å². The van der Waals surface area contributed by atoms with Crippen LogP contribution < -0.4 is 0 Å². The predicted molar refractivity (Wildman–Crippen MR) is 78.2 cm³/mol. The highest BCUT2D eigenvalue weighted by molar-refractivity contribution is 5.65. The number of aromatic nitrogens is 4. The summed E-state index contributed by atoms with van der Waals surface area (Å²) in [6, 6.07) is 0. The molecular weight excluding hydrogens is 236 g/mol. The van der Waals surface area contributed by atoms with E-state index in [1.165, 1.54) is 5.56 Å². The van der Waals surface area contributed by atoms with Crippen LogP contribution in [0.2, 0.25) is 0 Å². The molecule has 0 aliphatic rings. The zero-order valence-corrected chi connectivity index (χ0v) is 11.8. The second-order valence-corrected chi connectivity index (χ2v) is 4.38. The van der Waals surface area contributed by atoms with Crippen molar-refractivity contribution in [2.75, 3.05) is 0 Å². The number of allylic oxidation sites excluding steroid dienone is 1. The summed E-state index contributed by atoms with van der Waals surface area (Å²) in [5.41, 5.74) is 4.49. The van der Waals surface area contributed by atoms with E-state index in [9.17, 15) is 0 Å². The Kier molecular flexibility index (Phi) is 3.60. The van der Waals surface area contributed by atoms with E-state index < -0.39 is 0 Å². The summed E-state index contributed by atoms with van der Waals surface area (Å²) in [6.45, 7) is 11.9. The molecule has 0 spiro atoms. The van der Waals surface area contributed by atoms with Crippen LogP contribution in [0.15, 0.2) is 19.0 Å². The van der Waals surface area contributed by atoms with Crippen molar-refractivity contribution < 1.29 is 0 Å². The quantitative estimate of drug-likeness (QED) is 0.844. The molecule has 2 heterocycles. The van der Waals surface area contributed by atoms with Gasteiger partial charge in [-0.3, -0.25) is 4.57 Å². The summed E-state index contributed by atoms with van der Waals surface area (Å²) in [6.07, 6.45) is 7.50. The van der Waals surface area contributed by atoms with Gasteiger partial charge >= 0.3 is 0 Å². The van der Waals surface area contributed by atoms with Crippen molar-refractivity contribution in [3.63, 3.8) is 0 Å². The summed E-state index contributed by atoms with van der Waals surface area (Å²) in [7, 11) is 0. The molecule has 0 N–H and O–H groups in total. The fourth-order valence-corrected chi connectivity index (χ4v) is 2.27. The molecule has 2 rings (SSSR count). The predicted octanol–water partition coefficient (Wildman–Crippen LogP) is 3.26. The molecule has 2 aromatic heterocycles. The van der Waals surface area contributed by atoms with Crippen molar-refractivity contribution in [1.29, 1.82) is 0 Å². The van der Waals surface area contributed by atoms with E-state index in [2.05, 4.69) is 41.5 Å². The third-order valence-electron chi connectivity index (χ3n) is 3.16. The highest BCUT2D eigenvalue weighted by atomic mass is 15.2. The molecule has 0 atom stereocenters. The molecule has 0 saturated heterocycles. The van der Waals surface area contributed by atoms with Gasteiger partial charge in [-0.25, -0.2) is 9.97 Å². The van der Waals surface area contributed by atoms with Gasteiger partial charge in [0.05, 0.1) is 5.69 Å². The largest absolute Gasteiger partial charge is 0.282 e. The maximum Gasteiger partial charge on any atom is 0.237 e. The zero-order valence-electron chi connectivity index (χ0n) is 11.8. The molecule has 0 fully saturated rings. The first-order valence-electron chi connectivity index (χ1n) is 6.23. The molecule has 4 heteroatoms. The summed E-state index contributed by atoms with van der Waals surface area (Å²) in [4.78, 5) is 12.7. The Balaban J connectivity index is 2.78. The maximum absolute atomic E-state index is 4.41. The lowest BCUT2D eigenvalue weighted by molar-refractivity contribution is 0.844. The van der Waals surface area contributed by atoms with Crippen LogP contribution in [0.4, 0.5) is 0 Å². The Labute approximate surface area is 113 Å². The zero-order chi connectivity index (χ0) is 14.0. The summed E-state index contributed by atoms with van der Waals surface area (Å²) >= 11 is 0. The van der Waals surface area contributed by atoms with Gasteiger partial charge in [0.25, 0.3) is 0 Å². The minimum absolute atomic E-state index is 0.648. The van der Waals surface area contributed by atoms with Gasteiger partial charge in [0.15, 0.2) is 0 Å². The van der Waals surface area contributed by atoms with Gasteiger partial charge < -0.3 is 0 Å². The lowest BCUT2D eigenvalue weighted by Crippen LogP contribution is -2.06. The molecule has 0 aliphatic carbocycles. The van der Waals surface area contributed by atoms with E-state index >= 15 is 0 Å².